The average molecular weight is 2210 g/mol. The topological polar surface area (TPSA) is 583 Å². The lowest BCUT2D eigenvalue weighted by molar-refractivity contribution is -0.144. The van der Waals surface area contributed by atoms with Crippen LogP contribution in [0, 0.1) is 23.7 Å². The van der Waals surface area contributed by atoms with Crippen molar-refractivity contribution in [3.63, 3.8) is 0 Å². The van der Waals surface area contributed by atoms with Gasteiger partial charge in [-0.2, -0.15) is 9.97 Å². The fraction of sp³-hybridized carbons (Fsp3) is 0.553. The number of nitrogens with two attached hydrogens (primary N) is 5. The number of nitrogens with zero attached hydrogens (tertiary/aromatic N) is 11. The van der Waals surface area contributed by atoms with Gasteiger partial charge in [-0.25, -0.2) is 14.8 Å². The molecule has 0 amide bonds. The summed E-state index contributed by atoms with van der Waals surface area (Å²) in [7, 11) is 0. The van der Waals surface area contributed by atoms with Gasteiger partial charge in [-0.05, 0) is 219 Å². The molecule has 4 aromatic rings. The van der Waals surface area contributed by atoms with E-state index in [2.05, 4.69) is 188 Å². The second kappa shape index (κ2) is 54.1. The second-order valence-corrected chi connectivity index (χ2v) is 64.3. The third-order valence-electron chi connectivity index (χ3n) is 25.9. The highest BCUT2D eigenvalue weighted by atomic mass is 79.9. The summed E-state index contributed by atoms with van der Waals surface area (Å²) in [4.78, 5) is 66.7. The van der Waals surface area contributed by atoms with Crippen LogP contribution in [0.5, 0.6) is 0 Å². The number of halogens is 1. The van der Waals surface area contributed by atoms with E-state index in [1.807, 2.05) is 36.4 Å². The number of hydrogen-bond acceptors (Lipinski definition) is 35. The Morgan fingerprint density at radius 3 is 1.24 bits per heavy atom. The van der Waals surface area contributed by atoms with Gasteiger partial charge in [-0.15, -0.1) is 71.8 Å². The van der Waals surface area contributed by atoms with Crippen molar-refractivity contribution >= 4 is 123 Å². The standard InChI is InChI=1S/C35H45N4O7P.C20H35N4O5P.C17H26N3O3P.C16H28N3O4P.C15H24BrN2O3P/c1-22(33(42)46-35(43)44-21-27-25-14-7-5-12-23(25)24-13-6-8-15-26(24)27)11-9-10-18-37-34-38-29(36)16-19-39(34)32-31(41)30(40)28(45-32)17-20-47(2,3)4;1-13(19(27)28)7-5-6-10-22-20-23-15(21)8-11-24(20)18-17(26)16(25)14(29-18)9-12-30(2,3)4;1-6-7-12-10-20(11(2)19-16(12)18)17-15(22)14(21)13(23-17)8-9-24(3,4)5;1-10-18-15(17)11(5-7-20)9-19(10)16-14(22)13(21)12(23-16)6-8-24(2,3)4;1-9-7-11(17)10(16)8-18(9)15-14(20)13(19)12(21-15)5-6-22(2,3)4/h5-8,12-16,19,22,27-28,30-32,40-41H,2,9-11,17-18,20-21H2,1,3-4H3,(H2,36,37,38);8,11,13-14,16-18,25-26H,2,5-7,9-10,12H2,1,3-4H3,(H,27,28)(H2,21,22,23);10,13-15,17,21-22H,2-3,8-9H2,1,4-5H3,(H2,18,19);9,12-14,16,20-22H,1-2,5-8H2,3-4H3,(H2,17,18);7-8,12-15,19-20H,1-2,5-6,17H2,3-4H3/t22?,28-,30-,31-,32-;13?,14-,16-,17-,18-;13-,14-,15-,17-;12-,13-,14-,16-;12-,13-,14-,15-/m11111/s1. The van der Waals surface area contributed by atoms with Crippen LogP contribution < -0.4 is 39.9 Å². The Bertz CT molecular complexity index is 5920. The number of allylic oxidation sites excluding steroid dienone is 2. The number of fused-ring (bicyclic) bond motifs is 3. The third kappa shape index (κ3) is 35.0. The molecule has 0 radical (unpaired) electrons. The predicted molar refractivity (Wildman–Crippen MR) is 596 cm³/mol. The lowest BCUT2D eigenvalue weighted by Crippen LogP contribution is -2.42. The quantitative estimate of drug-likeness (QED) is 0.00696. The van der Waals surface area contributed by atoms with Crippen LogP contribution in [0.25, 0.3) is 11.1 Å². The molecule has 22 atom stereocenters. The molecule has 0 bridgehead atoms. The smallest absolute Gasteiger partial charge is 0.481 e. The molecule has 5 saturated heterocycles. The van der Waals surface area contributed by atoms with E-state index < -0.39 is 181 Å². The summed E-state index contributed by atoms with van der Waals surface area (Å²) in [5, 5.41) is 122. The number of hydrogen-bond donors (Lipinski definition) is 17. The number of unbranched alkanes of at least 4 members (excludes halogenated alkanes) is 2. The van der Waals surface area contributed by atoms with E-state index >= 15 is 0 Å². The Hall–Kier alpha value is -8.57. The van der Waals surface area contributed by atoms with Crippen molar-refractivity contribution in [1.29, 1.82) is 0 Å². The SMILES string of the molecule is C=C1C=C(N)C(Br)=CN1[C@@H]1O[C@H](CCP(=C)(C)C)[C@@H](O)[C@H]1O.C=C1N=C(N)C(C#CC)=CN1[C@@H]1O[C@H](CCP(=C)(C)C)[C@@H](O)[C@H]1O.C=C1N=C(N)C(CCO)=CN1[C@@H]1O[C@H](CCP(=C)(C)C)[C@@H](O)[C@H]1O.C=P(C)(C)CC[C@H]1O[C@@H](n2ccc(N)nc2=NCCCCC(C)C(=O)O)[C@H](O)[C@@H]1O.C=P(C)(C)CC[C@H]1O[C@@H](n2ccc(N)nc2=NCCCCC(C)C(=O)OC(=O)OCC2c3ccccc3-c3ccccc32)[C@H](O)[C@@H]1O. The Kier molecular flexibility index (Phi) is 44.9. The van der Waals surface area contributed by atoms with Crippen molar-refractivity contribution in [3.05, 3.63) is 178 Å². The number of carboxylic acid groups (broad SMARTS) is 1. The van der Waals surface area contributed by atoms with Gasteiger partial charge in [0.25, 0.3) is 0 Å². The zero-order chi connectivity index (χ0) is 109. The second-order valence-electron chi connectivity index (χ2n) is 41.9. The van der Waals surface area contributed by atoms with Crippen molar-refractivity contribution in [2.24, 2.45) is 49.0 Å². The fourth-order valence-corrected chi connectivity index (χ4v) is 22.4. The number of aliphatic hydroxyl groups excluding tert-OH is 11. The van der Waals surface area contributed by atoms with Gasteiger partial charge >= 0.3 is 18.1 Å². The molecule has 814 valence electrons. The van der Waals surface area contributed by atoms with E-state index in [1.54, 1.807) is 93.8 Å². The monoisotopic (exact) mass is 2200 g/mol. The number of aliphatic carboxylic acids is 1. The van der Waals surface area contributed by atoms with Crippen molar-refractivity contribution in [1.82, 2.24) is 33.8 Å². The van der Waals surface area contributed by atoms with Gasteiger partial charge in [0.15, 0.2) is 31.1 Å². The van der Waals surface area contributed by atoms with Gasteiger partial charge in [-0.3, -0.25) is 28.7 Å². The van der Waals surface area contributed by atoms with Crippen LogP contribution in [-0.2, 0) is 42.7 Å². The minimum atomic E-state index is -1.32. The maximum absolute atomic E-state index is 12.6. The van der Waals surface area contributed by atoms with Crippen LogP contribution in [-0.4, -0.2) is 390 Å². The van der Waals surface area contributed by atoms with Gasteiger partial charge in [0.05, 0.1) is 52.4 Å². The van der Waals surface area contributed by atoms with Crippen molar-refractivity contribution in [2.75, 3.05) is 135 Å². The van der Waals surface area contributed by atoms with Crippen LogP contribution >= 0.6 is 50.4 Å². The number of benzene rings is 2. The number of carboxylic acids is 1. The molecule has 0 saturated carbocycles. The number of ether oxygens (including phenoxy) is 7. The number of rotatable bonds is 36. The fourth-order valence-electron chi connectivity index (χ4n) is 17.3. The zero-order valence-corrected chi connectivity index (χ0v) is 93.0. The molecule has 9 aliphatic rings. The van der Waals surface area contributed by atoms with E-state index in [1.165, 1.54) is 0 Å². The lowest BCUT2D eigenvalue weighted by Gasteiger charge is -2.32. The number of aliphatic hydroxyl groups is 11. The number of anilines is 2. The van der Waals surface area contributed by atoms with Gasteiger partial charge in [0.2, 0.25) is 11.2 Å². The van der Waals surface area contributed by atoms with E-state index in [9.17, 15) is 65.4 Å². The maximum Gasteiger partial charge on any atom is 0.516 e. The van der Waals surface area contributed by atoms with E-state index in [0.29, 0.717) is 134 Å². The number of carbonyl (C=O) groups excluding carboxylic acids is 2. The molecule has 13 rings (SSSR count). The molecule has 2 aromatic carbocycles. The first-order chi connectivity index (χ1) is 68.8. The van der Waals surface area contributed by atoms with Crippen molar-refractivity contribution < 1.29 is 109 Å². The van der Waals surface area contributed by atoms with Gasteiger partial charge in [-0.1, -0.05) is 101 Å². The van der Waals surface area contributed by atoms with Gasteiger partial charge in [0, 0.05) is 80.0 Å². The first-order valence-electron chi connectivity index (χ1n) is 49.2. The first kappa shape index (κ1) is 122. The molecule has 5 fully saturated rings. The predicted octanol–water partition coefficient (Wildman–Crippen LogP) is 7.33. The molecule has 8 aliphatic heterocycles. The molecule has 2 aromatic heterocycles. The van der Waals surface area contributed by atoms with Gasteiger partial charge in [0.1, 0.15) is 103 Å². The van der Waals surface area contributed by atoms with Gasteiger partial charge < -0.3 is 138 Å². The number of carbonyl (C=O) groups is 3. The summed E-state index contributed by atoms with van der Waals surface area (Å²) in [6.45, 7) is 32.5. The number of aromatic nitrogens is 4. The minimum Gasteiger partial charge on any atom is -0.481 e. The highest BCUT2D eigenvalue weighted by molar-refractivity contribution is 9.12. The summed E-state index contributed by atoms with van der Waals surface area (Å²) in [5.41, 5.74) is 36.5. The number of aliphatic imine (C=N–C) groups is 2. The summed E-state index contributed by atoms with van der Waals surface area (Å²) >= 11 is 3.36. The molecule has 44 heteroatoms. The zero-order valence-electron chi connectivity index (χ0n) is 86.9. The van der Waals surface area contributed by atoms with E-state index in [-0.39, 0.29) is 48.1 Å². The van der Waals surface area contributed by atoms with E-state index in [4.69, 9.17) is 72.0 Å². The third-order valence-corrected chi connectivity index (χ3v) is 33.9. The van der Waals surface area contributed by atoms with Crippen LogP contribution in [0.2, 0.25) is 0 Å². The number of esters is 1. The van der Waals surface area contributed by atoms with Crippen molar-refractivity contribution in [2.45, 2.75) is 226 Å². The average Bonchev–Trinajstić information content (AvgIpc) is 1.60. The number of nitrogen functional groups attached to an aromatic ring is 2. The molecule has 38 nitrogen and oxygen atoms in total. The maximum atomic E-state index is 12.6. The Balaban J connectivity index is 0.000000212. The molecular formula is C103H158BrN16O22P5. The number of amidine groups is 2. The van der Waals surface area contributed by atoms with Crippen LogP contribution in [0.4, 0.5) is 16.4 Å². The van der Waals surface area contributed by atoms with E-state index in [0.717, 1.165) is 59.5 Å². The summed E-state index contributed by atoms with van der Waals surface area (Å²) < 4.78 is 44.0. The molecule has 147 heavy (non-hydrogen) atoms. The molecule has 10 heterocycles. The Morgan fingerprint density at radius 1 is 0.497 bits per heavy atom. The summed E-state index contributed by atoms with van der Waals surface area (Å²) in [6.07, 6.45) is 25.0. The Morgan fingerprint density at radius 2 is 0.857 bits per heavy atom. The Labute approximate surface area is 872 Å². The molecular weight excluding hydrogens is 2050 g/mol. The normalized spacial score (nSPS) is 27.3. The largest absolute Gasteiger partial charge is 0.516 e. The lowest BCUT2D eigenvalue weighted by atomic mass is 9.98. The van der Waals surface area contributed by atoms with Crippen LogP contribution in [0.3, 0.4) is 0 Å². The molecule has 0 spiro atoms. The molecule has 2 unspecified atom stereocenters. The van der Waals surface area contributed by atoms with Crippen LogP contribution in [0.1, 0.15) is 127 Å². The summed E-state index contributed by atoms with van der Waals surface area (Å²) in [5.74, 6) is 4.96. The molecule has 22 N–H and O–H groups in total. The molecule has 1 aliphatic carbocycles. The first-order valence-corrected chi connectivity index (χ1v) is 65.2. The highest BCUT2D eigenvalue weighted by Crippen LogP contribution is 2.48. The highest BCUT2D eigenvalue weighted by Gasteiger charge is 2.51. The minimum absolute atomic E-state index is 0.0655. The van der Waals surface area contributed by atoms with Crippen molar-refractivity contribution in [3.8, 4) is 23.0 Å². The van der Waals surface area contributed by atoms with Crippen LogP contribution in [0.15, 0.2) is 176 Å². The summed E-state index contributed by atoms with van der Waals surface area (Å²) in [6, 6.07) is 19.2.